The van der Waals surface area contributed by atoms with Gasteiger partial charge in [-0.25, -0.2) is 0 Å². The first-order valence-electron chi connectivity index (χ1n) is 6.43. The fourth-order valence-electron chi connectivity index (χ4n) is 2.89. The highest BCUT2D eigenvalue weighted by atomic mass is 32.2. The second-order valence-electron chi connectivity index (χ2n) is 5.16. The summed E-state index contributed by atoms with van der Waals surface area (Å²) in [4.78, 5) is 0. The zero-order valence-corrected chi connectivity index (χ0v) is 11.5. The molecule has 1 unspecified atom stereocenters. The van der Waals surface area contributed by atoms with Crippen LogP contribution < -0.4 is 15.2 Å². The molecule has 0 amide bonds. The van der Waals surface area contributed by atoms with Crippen molar-refractivity contribution in [2.24, 2.45) is 5.73 Å². The molecule has 0 bridgehead atoms. The monoisotopic (exact) mass is 265 g/mol. The summed E-state index contributed by atoms with van der Waals surface area (Å²) in [6, 6.07) is 6.00. The van der Waals surface area contributed by atoms with Gasteiger partial charge in [-0.1, -0.05) is 0 Å². The Morgan fingerprint density at radius 2 is 2.39 bits per heavy atom. The predicted octanol–water partition coefficient (Wildman–Crippen LogP) is 2.74. The number of hydrogen-bond acceptors (Lipinski definition) is 4. The second kappa shape index (κ2) is 4.67. The number of methoxy groups -OCH3 is 1. The van der Waals surface area contributed by atoms with Crippen LogP contribution >= 0.6 is 11.8 Å². The highest BCUT2D eigenvalue weighted by molar-refractivity contribution is 7.99. The number of ether oxygens (including phenoxy) is 2. The van der Waals surface area contributed by atoms with Crippen molar-refractivity contribution in [3.05, 3.63) is 23.8 Å². The van der Waals surface area contributed by atoms with Crippen LogP contribution in [0.15, 0.2) is 18.2 Å². The van der Waals surface area contributed by atoms with Crippen molar-refractivity contribution in [2.45, 2.75) is 30.9 Å². The van der Waals surface area contributed by atoms with E-state index < -0.39 is 0 Å². The first kappa shape index (κ1) is 12.2. The lowest BCUT2D eigenvalue weighted by atomic mass is 9.85. The number of fused-ring (bicyclic) bond motifs is 1. The largest absolute Gasteiger partial charge is 0.497 e. The van der Waals surface area contributed by atoms with Crippen molar-refractivity contribution in [3.63, 3.8) is 0 Å². The summed E-state index contributed by atoms with van der Waals surface area (Å²) in [6.45, 7) is 0. The van der Waals surface area contributed by atoms with E-state index in [2.05, 4.69) is 0 Å². The maximum atomic E-state index is 6.33. The molecule has 98 valence electrons. The van der Waals surface area contributed by atoms with Crippen LogP contribution in [-0.4, -0.2) is 24.2 Å². The molecule has 0 radical (unpaired) electrons. The van der Waals surface area contributed by atoms with Gasteiger partial charge in [0.1, 0.15) is 17.1 Å². The summed E-state index contributed by atoms with van der Waals surface area (Å²) in [7, 11) is 1.68. The summed E-state index contributed by atoms with van der Waals surface area (Å²) in [5.74, 6) is 4.10. The lowest BCUT2D eigenvalue weighted by Gasteiger charge is -2.43. The minimum Gasteiger partial charge on any atom is -0.497 e. The molecule has 2 heterocycles. The van der Waals surface area contributed by atoms with Crippen LogP contribution in [0.2, 0.25) is 0 Å². The van der Waals surface area contributed by atoms with Crippen LogP contribution in [0.5, 0.6) is 11.5 Å². The van der Waals surface area contributed by atoms with Crippen molar-refractivity contribution in [1.82, 2.24) is 0 Å². The van der Waals surface area contributed by atoms with Crippen molar-refractivity contribution >= 4 is 11.8 Å². The lowest BCUT2D eigenvalue weighted by Crippen LogP contribution is -2.46. The van der Waals surface area contributed by atoms with Crippen LogP contribution in [0.25, 0.3) is 0 Å². The molecule has 3 rings (SSSR count). The highest BCUT2D eigenvalue weighted by Crippen LogP contribution is 2.45. The summed E-state index contributed by atoms with van der Waals surface area (Å²) in [5.41, 5.74) is 7.37. The van der Waals surface area contributed by atoms with E-state index in [1.165, 1.54) is 12.2 Å². The van der Waals surface area contributed by atoms with Crippen LogP contribution in [-0.2, 0) is 0 Å². The fraction of sp³-hybridized carbons (Fsp3) is 0.571. The zero-order valence-electron chi connectivity index (χ0n) is 10.6. The SMILES string of the molecule is COc1ccc2c(c1)[C@H](N)CC1(CCCSC1)O2. The quantitative estimate of drug-likeness (QED) is 0.848. The van der Waals surface area contributed by atoms with E-state index >= 15 is 0 Å². The van der Waals surface area contributed by atoms with E-state index in [-0.39, 0.29) is 11.6 Å². The molecule has 3 nitrogen and oxygen atoms in total. The highest BCUT2D eigenvalue weighted by Gasteiger charge is 2.41. The molecule has 1 aromatic carbocycles. The molecule has 2 aliphatic rings. The Bertz CT molecular complexity index is 443. The van der Waals surface area contributed by atoms with Crippen molar-refractivity contribution in [1.29, 1.82) is 0 Å². The molecular formula is C14H19NO2S. The fourth-order valence-corrected chi connectivity index (χ4v) is 4.08. The van der Waals surface area contributed by atoms with E-state index in [4.69, 9.17) is 15.2 Å². The van der Waals surface area contributed by atoms with Gasteiger partial charge >= 0.3 is 0 Å². The lowest BCUT2D eigenvalue weighted by molar-refractivity contribution is 0.0470. The molecule has 0 aliphatic carbocycles. The molecule has 18 heavy (non-hydrogen) atoms. The summed E-state index contributed by atoms with van der Waals surface area (Å²) in [5, 5.41) is 0. The molecule has 0 saturated carbocycles. The number of benzene rings is 1. The molecule has 1 fully saturated rings. The topological polar surface area (TPSA) is 44.5 Å². The molecule has 2 N–H and O–H groups in total. The molecule has 1 spiro atoms. The number of nitrogens with two attached hydrogens (primary N) is 1. The van der Waals surface area contributed by atoms with Crippen molar-refractivity contribution in [3.8, 4) is 11.5 Å². The molecule has 0 aromatic heterocycles. The van der Waals surface area contributed by atoms with Gasteiger partial charge in [-0.2, -0.15) is 11.8 Å². The Morgan fingerprint density at radius 1 is 1.50 bits per heavy atom. The third-order valence-electron chi connectivity index (χ3n) is 3.82. The van der Waals surface area contributed by atoms with Crippen molar-refractivity contribution < 1.29 is 9.47 Å². The third-order valence-corrected chi connectivity index (χ3v) is 5.13. The first-order valence-corrected chi connectivity index (χ1v) is 7.58. The summed E-state index contributed by atoms with van der Waals surface area (Å²) < 4.78 is 11.5. The minimum atomic E-state index is -0.0378. The summed E-state index contributed by atoms with van der Waals surface area (Å²) >= 11 is 1.98. The predicted molar refractivity (Wildman–Crippen MR) is 74.5 cm³/mol. The van der Waals surface area contributed by atoms with Gasteiger partial charge in [0.15, 0.2) is 0 Å². The maximum absolute atomic E-state index is 6.33. The Labute approximate surface area is 112 Å². The minimum absolute atomic E-state index is 0.0378. The molecular weight excluding hydrogens is 246 g/mol. The molecule has 4 heteroatoms. The maximum Gasteiger partial charge on any atom is 0.125 e. The van der Waals surface area contributed by atoms with Gasteiger partial charge in [0, 0.05) is 23.8 Å². The van der Waals surface area contributed by atoms with E-state index in [1.54, 1.807) is 7.11 Å². The Kier molecular flexibility index (Phi) is 3.16. The average molecular weight is 265 g/mol. The van der Waals surface area contributed by atoms with Crippen LogP contribution in [0.3, 0.4) is 0 Å². The van der Waals surface area contributed by atoms with Gasteiger partial charge in [0.05, 0.1) is 7.11 Å². The Hall–Kier alpha value is -0.870. The van der Waals surface area contributed by atoms with Crippen molar-refractivity contribution in [2.75, 3.05) is 18.6 Å². The third kappa shape index (κ3) is 2.08. The van der Waals surface area contributed by atoms with E-state index in [9.17, 15) is 0 Å². The zero-order chi connectivity index (χ0) is 12.6. The van der Waals surface area contributed by atoms with Gasteiger partial charge in [-0.05, 0) is 36.8 Å². The average Bonchev–Trinajstić information content (AvgIpc) is 2.39. The molecule has 2 atom stereocenters. The second-order valence-corrected chi connectivity index (χ2v) is 6.26. The molecule has 1 aromatic rings. The van der Waals surface area contributed by atoms with Gasteiger partial charge in [-0.15, -0.1) is 0 Å². The molecule has 2 aliphatic heterocycles. The Morgan fingerprint density at radius 3 is 3.11 bits per heavy atom. The van der Waals surface area contributed by atoms with E-state index in [0.29, 0.717) is 0 Å². The van der Waals surface area contributed by atoms with Crippen LogP contribution in [0.1, 0.15) is 30.9 Å². The van der Waals surface area contributed by atoms with Gasteiger partial charge in [0.25, 0.3) is 0 Å². The number of hydrogen-bond donors (Lipinski definition) is 1. The van der Waals surface area contributed by atoms with Crippen LogP contribution in [0.4, 0.5) is 0 Å². The normalized spacial score (nSPS) is 30.7. The Balaban J connectivity index is 1.92. The van der Waals surface area contributed by atoms with E-state index in [0.717, 1.165) is 35.7 Å². The number of rotatable bonds is 1. The van der Waals surface area contributed by atoms with Gasteiger partial charge in [-0.3, -0.25) is 0 Å². The van der Waals surface area contributed by atoms with Crippen LogP contribution in [0, 0.1) is 0 Å². The van der Waals surface area contributed by atoms with Gasteiger partial charge in [0.2, 0.25) is 0 Å². The van der Waals surface area contributed by atoms with E-state index in [1.807, 2.05) is 30.0 Å². The molecule has 1 saturated heterocycles. The first-order chi connectivity index (χ1) is 8.72. The standard InChI is InChI=1S/C14H19NO2S/c1-16-10-3-4-13-11(7-10)12(15)8-14(17-13)5-2-6-18-9-14/h3-4,7,12H,2,5-6,8-9,15H2,1H3/t12-,14?/m1/s1. The summed E-state index contributed by atoms with van der Waals surface area (Å²) in [6.07, 6.45) is 3.27. The number of thioether (sulfide) groups is 1. The smallest absolute Gasteiger partial charge is 0.125 e. The van der Waals surface area contributed by atoms with Gasteiger partial charge < -0.3 is 15.2 Å².